The third-order valence-corrected chi connectivity index (χ3v) is 1.93. The predicted octanol–water partition coefficient (Wildman–Crippen LogP) is 0.840. The predicted molar refractivity (Wildman–Crippen MR) is 54.6 cm³/mol. The fourth-order valence-corrected chi connectivity index (χ4v) is 1.18. The Morgan fingerprint density at radius 3 is 2.87 bits per heavy atom. The number of rotatable bonds is 2. The topological polar surface area (TPSA) is 67.9 Å². The van der Waals surface area contributed by atoms with Crippen molar-refractivity contribution < 1.29 is 4.74 Å². The molecule has 2 aromatic heterocycles. The standard InChI is InChI=1S/C10H9N3O2/c1-15-10-4-8(12-6-13-10)7-2-3-9(14)11-5-7/h2-6H,1H3,(H,11,14). The first-order chi connectivity index (χ1) is 7.29. The van der Waals surface area contributed by atoms with Gasteiger partial charge >= 0.3 is 0 Å². The summed E-state index contributed by atoms with van der Waals surface area (Å²) in [4.78, 5) is 21.4. The van der Waals surface area contributed by atoms with Crippen LogP contribution in [0.5, 0.6) is 5.88 Å². The van der Waals surface area contributed by atoms with E-state index in [9.17, 15) is 4.79 Å². The zero-order valence-electron chi connectivity index (χ0n) is 8.10. The SMILES string of the molecule is COc1cc(-c2ccc(=O)[nH]c2)ncn1. The molecule has 76 valence electrons. The number of methoxy groups -OCH3 is 1. The Kier molecular flexibility index (Phi) is 2.45. The summed E-state index contributed by atoms with van der Waals surface area (Å²) in [6, 6.07) is 4.85. The van der Waals surface area contributed by atoms with Crippen molar-refractivity contribution >= 4 is 0 Å². The van der Waals surface area contributed by atoms with E-state index in [4.69, 9.17) is 4.74 Å². The third kappa shape index (κ3) is 2.01. The summed E-state index contributed by atoms with van der Waals surface area (Å²) in [6.45, 7) is 0. The van der Waals surface area contributed by atoms with E-state index in [-0.39, 0.29) is 5.56 Å². The molecule has 0 aromatic carbocycles. The molecule has 0 aliphatic heterocycles. The maximum atomic E-state index is 10.9. The normalized spacial score (nSPS) is 9.93. The largest absolute Gasteiger partial charge is 0.481 e. The van der Waals surface area contributed by atoms with Crippen molar-refractivity contribution in [3.63, 3.8) is 0 Å². The van der Waals surface area contributed by atoms with Gasteiger partial charge in [-0.25, -0.2) is 9.97 Å². The minimum atomic E-state index is -0.139. The van der Waals surface area contributed by atoms with Gasteiger partial charge in [0.2, 0.25) is 11.4 Å². The first kappa shape index (κ1) is 9.39. The molecule has 0 bridgehead atoms. The van der Waals surface area contributed by atoms with E-state index in [1.165, 1.54) is 12.4 Å². The van der Waals surface area contributed by atoms with Crippen LogP contribution in [-0.2, 0) is 0 Å². The molecule has 5 nitrogen and oxygen atoms in total. The van der Waals surface area contributed by atoms with Gasteiger partial charge in [0.1, 0.15) is 6.33 Å². The Balaban J connectivity index is 2.44. The van der Waals surface area contributed by atoms with Gasteiger partial charge in [0.25, 0.3) is 0 Å². The number of ether oxygens (including phenoxy) is 1. The van der Waals surface area contributed by atoms with Gasteiger partial charge in [-0.2, -0.15) is 0 Å². The van der Waals surface area contributed by atoms with Crippen LogP contribution in [0.15, 0.2) is 35.5 Å². The molecule has 2 rings (SSSR count). The smallest absolute Gasteiger partial charge is 0.247 e. The Morgan fingerprint density at radius 1 is 1.33 bits per heavy atom. The highest BCUT2D eigenvalue weighted by Gasteiger charge is 2.01. The number of aromatic nitrogens is 3. The number of pyridine rings is 1. The second-order valence-electron chi connectivity index (χ2n) is 2.89. The summed E-state index contributed by atoms with van der Waals surface area (Å²) in [5.74, 6) is 0.492. The van der Waals surface area contributed by atoms with E-state index < -0.39 is 0 Å². The molecule has 0 atom stereocenters. The van der Waals surface area contributed by atoms with Crippen molar-refractivity contribution in [3.05, 3.63) is 41.1 Å². The highest BCUT2D eigenvalue weighted by molar-refractivity contribution is 5.58. The second-order valence-corrected chi connectivity index (χ2v) is 2.89. The zero-order valence-corrected chi connectivity index (χ0v) is 8.10. The number of hydrogen-bond donors (Lipinski definition) is 1. The average molecular weight is 203 g/mol. The summed E-state index contributed by atoms with van der Waals surface area (Å²) in [7, 11) is 1.54. The molecule has 2 aromatic rings. The van der Waals surface area contributed by atoms with Gasteiger partial charge in [0.15, 0.2) is 0 Å². The zero-order chi connectivity index (χ0) is 10.7. The van der Waals surface area contributed by atoms with Crippen molar-refractivity contribution in [2.75, 3.05) is 7.11 Å². The van der Waals surface area contributed by atoms with Gasteiger partial charge in [-0.15, -0.1) is 0 Å². The van der Waals surface area contributed by atoms with Gasteiger partial charge in [-0.05, 0) is 6.07 Å². The van der Waals surface area contributed by atoms with Crippen LogP contribution in [0.25, 0.3) is 11.3 Å². The van der Waals surface area contributed by atoms with Crippen molar-refractivity contribution in [2.24, 2.45) is 0 Å². The molecule has 0 amide bonds. The van der Waals surface area contributed by atoms with Crippen LogP contribution in [-0.4, -0.2) is 22.1 Å². The lowest BCUT2D eigenvalue weighted by Crippen LogP contribution is -2.01. The Morgan fingerprint density at radius 2 is 2.20 bits per heavy atom. The lowest BCUT2D eigenvalue weighted by atomic mass is 10.2. The van der Waals surface area contributed by atoms with Crippen LogP contribution in [0.3, 0.4) is 0 Å². The average Bonchev–Trinajstić information content (AvgIpc) is 2.30. The Hall–Kier alpha value is -2.17. The van der Waals surface area contributed by atoms with Crippen molar-refractivity contribution in [3.8, 4) is 17.1 Å². The molecule has 0 aliphatic rings. The summed E-state index contributed by atoms with van der Waals surface area (Å²) < 4.78 is 4.98. The Labute approximate surface area is 85.8 Å². The number of nitrogens with one attached hydrogen (secondary N) is 1. The minimum Gasteiger partial charge on any atom is -0.481 e. The van der Waals surface area contributed by atoms with E-state index >= 15 is 0 Å². The molecular formula is C10H9N3O2. The van der Waals surface area contributed by atoms with Gasteiger partial charge < -0.3 is 9.72 Å². The van der Waals surface area contributed by atoms with Crippen molar-refractivity contribution in [2.45, 2.75) is 0 Å². The van der Waals surface area contributed by atoms with Gasteiger partial charge in [-0.3, -0.25) is 4.79 Å². The summed E-state index contributed by atoms with van der Waals surface area (Å²) in [5, 5.41) is 0. The molecular weight excluding hydrogens is 194 g/mol. The third-order valence-electron chi connectivity index (χ3n) is 1.93. The first-order valence-electron chi connectivity index (χ1n) is 4.35. The van der Waals surface area contributed by atoms with E-state index in [2.05, 4.69) is 15.0 Å². The number of nitrogens with zero attached hydrogens (tertiary/aromatic N) is 2. The molecule has 0 aliphatic carbocycles. The highest BCUT2D eigenvalue weighted by Crippen LogP contribution is 2.17. The second kappa shape index (κ2) is 3.91. The lowest BCUT2D eigenvalue weighted by Gasteiger charge is -2.01. The number of aromatic amines is 1. The maximum absolute atomic E-state index is 10.9. The molecule has 0 spiro atoms. The van der Waals surface area contributed by atoms with Crippen LogP contribution in [0.2, 0.25) is 0 Å². The first-order valence-corrected chi connectivity index (χ1v) is 4.35. The number of hydrogen-bond acceptors (Lipinski definition) is 4. The van der Waals surface area contributed by atoms with Crippen LogP contribution in [0.1, 0.15) is 0 Å². The summed E-state index contributed by atoms with van der Waals surface area (Å²) >= 11 is 0. The van der Waals surface area contributed by atoms with Crippen LogP contribution < -0.4 is 10.3 Å². The summed E-state index contributed by atoms with van der Waals surface area (Å²) in [5.41, 5.74) is 1.38. The molecule has 0 saturated carbocycles. The minimum absolute atomic E-state index is 0.139. The molecule has 2 heterocycles. The van der Waals surface area contributed by atoms with E-state index in [0.717, 1.165) is 5.56 Å². The Bertz CT molecular complexity index is 502. The fourth-order valence-electron chi connectivity index (χ4n) is 1.18. The van der Waals surface area contributed by atoms with E-state index in [1.54, 1.807) is 25.4 Å². The van der Waals surface area contributed by atoms with Crippen LogP contribution in [0.4, 0.5) is 0 Å². The molecule has 0 radical (unpaired) electrons. The molecule has 15 heavy (non-hydrogen) atoms. The van der Waals surface area contributed by atoms with Crippen LogP contribution >= 0.6 is 0 Å². The molecule has 0 unspecified atom stereocenters. The fraction of sp³-hybridized carbons (Fsp3) is 0.100. The van der Waals surface area contributed by atoms with E-state index in [0.29, 0.717) is 11.6 Å². The molecule has 5 heteroatoms. The van der Waals surface area contributed by atoms with Gasteiger partial charge in [0.05, 0.1) is 12.8 Å². The number of H-pyrrole nitrogens is 1. The lowest BCUT2D eigenvalue weighted by molar-refractivity contribution is 0.397. The summed E-state index contributed by atoms with van der Waals surface area (Å²) in [6.07, 6.45) is 3.02. The highest BCUT2D eigenvalue weighted by atomic mass is 16.5. The van der Waals surface area contributed by atoms with Gasteiger partial charge in [-0.1, -0.05) is 0 Å². The van der Waals surface area contributed by atoms with Gasteiger partial charge in [0, 0.05) is 23.9 Å². The molecule has 0 saturated heterocycles. The van der Waals surface area contributed by atoms with Crippen molar-refractivity contribution in [1.82, 2.24) is 15.0 Å². The molecule has 1 N–H and O–H groups in total. The molecule has 0 fully saturated rings. The quantitative estimate of drug-likeness (QED) is 0.785. The van der Waals surface area contributed by atoms with Crippen molar-refractivity contribution in [1.29, 1.82) is 0 Å². The maximum Gasteiger partial charge on any atom is 0.247 e. The van der Waals surface area contributed by atoms with E-state index in [1.807, 2.05) is 0 Å². The monoisotopic (exact) mass is 203 g/mol. The van der Waals surface area contributed by atoms with Crippen LogP contribution in [0, 0.1) is 0 Å².